The highest BCUT2D eigenvalue weighted by atomic mass is 127. The molecule has 4 heteroatoms. The molecule has 0 bridgehead atoms. The van der Waals surface area contributed by atoms with Crippen LogP contribution in [0.4, 0.5) is 11.4 Å². The van der Waals surface area contributed by atoms with Crippen LogP contribution in [0.1, 0.15) is 15.9 Å². The zero-order chi connectivity index (χ0) is 13.1. The van der Waals surface area contributed by atoms with Crippen molar-refractivity contribution < 1.29 is 4.79 Å². The second-order valence-electron chi connectivity index (χ2n) is 4.04. The van der Waals surface area contributed by atoms with E-state index in [2.05, 4.69) is 27.9 Å². The van der Waals surface area contributed by atoms with Crippen molar-refractivity contribution in [2.24, 2.45) is 0 Å². The number of nitrogens with two attached hydrogens (primary N) is 1. The standard InChI is InChI=1S/C14H13IN2O/c1-9-8-12(16)6-7-13(9)17-14(18)10-2-4-11(15)5-3-10/h2-8H,16H2,1H3,(H,17,18). The summed E-state index contributed by atoms with van der Waals surface area (Å²) in [4.78, 5) is 12.0. The van der Waals surface area contributed by atoms with Gasteiger partial charge in [-0.3, -0.25) is 4.79 Å². The molecule has 0 radical (unpaired) electrons. The number of aryl methyl sites for hydroxylation is 1. The van der Waals surface area contributed by atoms with Gasteiger partial charge < -0.3 is 11.1 Å². The van der Waals surface area contributed by atoms with Crippen LogP contribution in [0.2, 0.25) is 0 Å². The van der Waals surface area contributed by atoms with Crippen LogP contribution in [0.15, 0.2) is 42.5 Å². The maximum Gasteiger partial charge on any atom is 0.255 e. The van der Waals surface area contributed by atoms with E-state index in [9.17, 15) is 4.79 Å². The number of anilines is 2. The molecule has 0 atom stereocenters. The van der Waals surface area contributed by atoms with Gasteiger partial charge in [0, 0.05) is 20.5 Å². The van der Waals surface area contributed by atoms with Gasteiger partial charge in [0.2, 0.25) is 0 Å². The molecule has 3 N–H and O–H groups in total. The summed E-state index contributed by atoms with van der Waals surface area (Å²) in [6, 6.07) is 12.9. The molecule has 0 heterocycles. The predicted octanol–water partition coefficient (Wildman–Crippen LogP) is 3.43. The molecule has 0 unspecified atom stereocenters. The van der Waals surface area contributed by atoms with Crippen LogP contribution < -0.4 is 11.1 Å². The Hall–Kier alpha value is -1.56. The summed E-state index contributed by atoms with van der Waals surface area (Å²) >= 11 is 2.21. The van der Waals surface area contributed by atoms with Crippen molar-refractivity contribution in [2.75, 3.05) is 11.1 Å². The third kappa shape index (κ3) is 3.01. The Kier molecular flexibility index (Phi) is 3.86. The number of nitrogen functional groups attached to an aromatic ring is 1. The molecule has 0 aromatic heterocycles. The Bertz CT molecular complexity index is 579. The Morgan fingerprint density at radius 2 is 1.83 bits per heavy atom. The van der Waals surface area contributed by atoms with E-state index in [1.165, 1.54) is 0 Å². The number of amides is 1. The van der Waals surface area contributed by atoms with Gasteiger partial charge in [-0.15, -0.1) is 0 Å². The minimum Gasteiger partial charge on any atom is -0.399 e. The summed E-state index contributed by atoms with van der Waals surface area (Å²) in [5, 5.41) is 2.88. The number of hydrogen-bond donors (Lipinski definition) is 2. The van der Waals surface area contributed by atoms with Crippen LogP contribution in [0, 0.1) is 10.5 Å². The van der Waals surface area contributed by atoms with E-state index in [4.69, 9.17) is 5.73 Å². The first kappa shape index (κ1) is 12.9. The second kappa shape index (κ2) is 5.39. The lowest BCUT2D eigenvalue weighted by Crippen LogP contribution is -2.12. The van der Waals surface area contributed by atoms with Crippen LogP contribution in [0.5, 0.6) is 0 Å². The van der Waals surface area contributed by atoms with Crippen molar-refractivity contribution in [3.8, 4) is 0 Å². The summed E-state index contributed by atoms with van der Waals surface area (Å²) in [5.74, 6) is -0.112. The zero-order valence-corrected chi connectivity index (χ0v) is 12.1. The molecule has 2 aromatic rings. The van der Waals surface area contributed by atoms with E-state index in [0.29, 0.717) is 11.3 Å². The van der Waals surface area contributed by atoms with Crippen molar-refractivity contribution in [3.63, 3.8) is 0 Å². The largest absolute Gasteiger partial charge is 0.399 e. The Morgan fingerprint density at radius 1 is 1.17 bits per heavy atom. The molecule has 92 valence electrons. The summed E-state index contributed by atoms with van der Waals surface area (Å²) in [6.07, 6.45) is 0. The van der Waals surface area contributed by atoms with E-state index in [1.54, 1.807) is 6.07 Å². The smallest absolute Gasteiger partial charge is 0.255 e. The lowest BCUT2D eigenvalue weighted by Gasteiger charge is -2.09. The van der Waals surface area contributed by atoms with Crippen LogP contribution in [-0.2, 0) is 0 Å². The minimum absolute atomic E-state index is 0.112. The normalized spacial score (nSPS) is 10.1. The van der Waals surface area contributed by atoms with E-state index in [0.717, 1.165) is 14.8 Å². The minimum atomic E-state index is -0.112. The number of halogens is 1. The van der Waals surface area contributed by atoms with E-state index in [-0.39, 0.29) is 5.91 Å². The number of carbonyl (C=O) groups excluding carboxylic acids is 1. The highest BCUT2D eigenvalue weighted by Gasteiger charge is 2.07. The van der Waals surface area contributed by atoms with Crippen molar-refractivity contribution in [1.82, 2.24) is 0 Å². The van der Waals surface area contributed by atoms with Crippen LogP contribution >= 0.6 is 22.6 Å². The fraction of sp³-hybridized carbons (Fsp3) is 0.0714. The maximum absolute atomic E-state index is 12.0. The van der Waals surface area contributed by atoms with Crippen molar-refractivity contribution in [3.05, 3.63) is 57.2 Å². The summed E-state index contributed by atoms with van der Waals surface area (Å²) in [7, 11) is 0. The van der Waals surface area contributed by atoms with Gasteiger partial charge in [0.1, 0.15) is 0 Å². The Balaban J connectivity index is 2.18. The van der Waals surface area contributed by atoms with Gasteiger partial charge in [-0.1, -0.05) is 0 Å². The van der Waals surface area contributed by atoms with E-state index >= 15 is 0 Å². The number of nitrogens with one attached hydrogen (secondary N) is 1. The fourth-order valence-corrected chi connectivity index (χ4v) is 1.98. The molecule has 0 aliphatic carbocycles. The van der Waals surface area contributed by atoms with Gasteiger partial charge in [-0.2, -0.15) is 0 Å². The van der Waals surface area contributed by atoms with Crippen molar-refractivity contribution in [1.29, 1.82) is 0 Å². The SMILES string of the molecule is Cc1cc(N)ccc1NC(=O)c1ccc(I)cc1. The molecule has 18 heavy (non-hydrogen) atoms. The third-order valence-electron chi connectivity index (χ3n) is 2.61. The molecule has 1 amide bonds. The van der Waals surface area contributed by atoms with Gasteiger partial charge in [-0.05, 0) is 77.5 Å². The second-order valence-corrected chi connectivity index (χ2v) is 5.28. The van der Waals surface area contributed by atoms with Gasteiger partial charge in [0.05, 0.1) is 0 Å². The van der Waals surface area contributed by atoms with E-state index in [1.807, 2.05) is 43.3 Å². The topological polar surface area (TPSA) is 55.1 Å². The molecule has 0 saturated carbocycles. The predicted molar refractivity (Wildman–Crippen MR) is 82.7 cm³/mol. The maximum atomic E-state index is 12.0. The molecular weight excluding hydrogens is 339 g/mol. The van der Waals surface area contributed by atoms with Gasteiger partial charge in [0.15, 0.2) is 0 Å². The Morgan fingerprint density at radius 3 is 2.44 bits per heavy atom. The molecular formula is C14H13IN2O. The molecule has 0 saturated heterocycles. The van der Waals surface area contributed by atoms with Crippen LogP contribution in [0.3, 0.4) is 0 Å². The molecule has 0 aliphatic rings. The highest BCUT2D eigenvalue weighted by Crippen LogP contribution is 2.18. The molecule has 0 spiro atoms. The first-order chi connectivity index (χ1) is 8.56. The third-order valence-corrected chi connectivity index (χ3v) is 3.32. The average Bonchev–Trinajstić information content (AvgIpc) is 2.33. The molecule has 3 nitrogen and oxygen atoms in total. The summed E-state index contributed by atoms with van der Waals surface area (Å²) in [5.41, 5.74) is 8.75. The van der Waals surface area contributed by atoms with Crippen molar-refractivity contribution in [2.45, 2.75) is 6.92 Å². The number of rotatable bonds is 2. The van der Waals surface area contributed by atoms with Gasteiger partial charge in [-0.25, -0.2) is 0 Å². The first-order valence-corrected chi connectivity index (χ1v) is 6.57. The number of benzene rings is 2. The molecule has 2 aromatic carbocycles. The molecule has 0 fully saturated rings. The van der Waals surface area contributed by atoms with Crippen LogP contribution in [-0.4, -0.2) is 5.91 Å². The molecule has 2 rings (SSSR count). The highest BCUT2D eigenvalue weighted by molar-refractivity contribution is 14.1. The quantitative estimate of drug-likeness (QED) is 0.643. The summed E-state index contributed by atoms with van der Waals surface area (Å²) in [6.45, 7) is 1.92. The van der Waals surface area contributed by atoms with Crippen molar-refractivity contribution >= 4 is 39.9 Å². The Labute approximate surface area is 120 Å². The lowest BCUT2D eigenvalue weighted by molar-refractivity contribution is 0.102. The fourth-order valence-electron chi connectivity index (χ4n) is 1.62. The number of carbonyl (C=O) groups is 1. The zero-order valence-electron chi connectivity index (χ0n) is 9.91. The first-order valence-electron chi connectivity index (χ1n) is 5.49. The number of hydrogen-bond acceptors (Lipinski definition) is 2. The van der Waals surface area contributed by atoms with Crippen LogP contribution in [0.25, 0.3) is 0 Å². The van der Waals surface area contributed by atoms with E-state index < -0.39 is 0 Å². The summed E-state index contributed by atoms with van der Waals surface area (Å²) < 4.78 is 1.10. The molecule has 0 aliphatic heterocycles. The lowest BCUT2D eigenvalue weighted by atomic mass is 10.1. The monoisotopic (exact) mass is 352 g/mol. The average molecular weight is 352 g/mol. The van der Waals surface area contributed by atoms with Gasteiger partial charge >= 0.3 is 0 Å². The van der Waals surface area contributed by atoms with Gasteiger partial charge in [0.25, 0.3) is 5.91 Å².